The molecule has 1 saturated carbocycles. The maximum Gasteiger partial charge on any atom is 0.238 e. The Bertz CT molecular complexity index is 481. The fraction of sp³-hybridized carbons (Fsp3) is 0.812. The molecule has 122 valence electrons. The number of carbonyl (C=O) groups excluding carboxylic acids is 3. The predicted molar refractivity (Wildman–Crippen MR) is 80.7 cm³/mol. The van der Waals surface area contributed by atoms with E-state index >= 15 is 0 Å². The average Bonchev–Trinajstić information content (AvgIpc) is 3.09. The zero-order valence-corrected chi connectivity index (χ0v) is 12.8. The standard InChI is InChI=1S/C16H25N3O3/c17-15(22)16(13-5-1-3-11(13)8-19-16)12(9-20)7-10-4-2-6-18-14(10)21/h9-13,19H,1-8H2,(H2,17,22)(H,18,21)/t10-,11?,12+,13?,16?/m0/s1. The van der Waals surface area contributed by atoms with Crippen molar-refractivity contribution in [1.82, 2.24) is 10.6 Å². The van der Waals surface area contributed by atoms with E-state index in [1.807, 2.05) is 0 Å². The van der Waals surface area contributed by atoms with Crippen molar-refractivity contribution in [1.29, 1.82) is 0 Å². The highest BCUT2D eigenvalue weighted by Gasteiger charge is 2.58. The Balaban J connectivity index is 1.84. The van der Waals surface area contributed by atoms with Gasteiger partial charge < -0.3 is 21.2 Å². The summed E-state index contributed by atoms with van der Waals surface area (Å²) < 4.78 is 0. The second-order valence-corrected chi connectivity index (χ2v) is 7.02. The van der Waals surface area contributed by atoms with Crippen LogP contribution in [0.5, 0.6) is 0 Å². The van der Waals surface area contributed by atoms with Gasteiger partial charge in [0.05, 0.1) is 0 Å². The number of amides is 2. The Morgan fingerprint density at radius 2 is 2.18 bits per heavy atom. The number of primary amides is 1. The molecule has 0 aromatic heterocycles. The molecule has 0 aromatic rings. The fourth-order valence-electron chi connectivity index (χ4n) is 4.89. The summed E-state index contributed by atoms with van der Waals surface area (Å²) in [6.07, 6.45) is 6.06. The van der Waals surface area contributed by atoms with E-state index < -0.39 is 17.4 Å². The van der Waals surface area contributed by atoms with Crippen LogP contribution in [0.25, 0.3) is 0 Å². The average molecular weight is 307 g/mol. The van der Waals surface area contributed by atoms with Gasteiger partial charge in [-0.1, -0.05) is 6.42 Å². The number of nitrogens with one attached hydrogen (secondary N) is 2. The molecule has 2 heterocycles. The highest BCUT2D eigenvalue weighted by Crippen LogP contribution is 2.47. The van der Waals surface area contributed by atoms with E-state index in [4.69, 9.17) is 5.73 Å². The molecule has 5 atom stereocenters. The number of hydrogen-bond acceptors (Lipinski definition) is 4. The topological polar surface area (TPSA) is 101 Å². The molecule has 0 bridgehead atoms. The summed E-state index contributed by atoms with van der Waals surface area (Å²) >= 11 is 0. The van der Waals surface area contributed by atoms with Crippen LogP contribution in [-0.2, 0) is 14.4 Å². The monoisotopic (exact) mass is 307 g/mol. The van der Waals surface area contributed by atoms with Gasteiger partial charge >= 0.3 is 0 Å². The molecule has 6 nitrogen and oxygen atoms in total. The lowest BCUT2D eigenvalue weighted by Crippen LogP contribution is -2.61. The zero-order valence-electron chi connectivity index (χ0n) is 12.8. The molecule has 3 rings (SSSR count). The van der Waals surface area contributed by atoms with Crippen LogP contribution in [-0.4, -0.2) is 36.7 Å². The van der Waals surface area contributed by atoms with Gasteiger partial charge in [0.1, 0.15) is 11.8 Å². The first-order valence-corrected chi connectivity index (χ1v) is 8.37. The molecule has 22 heavy (non-hydrogen) atoms. The van der Waals surface area contributed by atoms with E-state index in [-0.39, 0.29) is 17.7 Å². The number of carbonyl (C=O) groups is 3. The lowest BCUT2D eigenvalue weighted by molar-refractivity contribution is -0.135. The van der Waals surface area contributed by atoms with Gasteiger partial charge in [0.25, 0.3) is 0 Å². The number of nitrogens with two attached hydrogens (primary N) is 1. The van der Waals surface area contributed by atoms with Crippen molar-refractivity contribution in [3.05, 3.63) is 0 Å². The van der Waals surface area contributed by atoms with Crippen molar-refractivity contribution in [3.8, 4) is 0 Å². The van der Waals surface area contributed by atoms with Crippen LogP contribution >= 0.6 is 0 Å². The fourth-order valence-corrected chi connectivity index (χ4v) is 4.89. The Hall–Kier alpha value is -1.43. The van der Waals surface area contributed by atoms with Crippen LogP contribution in [0.15, 0.2) is 0 Å². The van der Waals surface area contributed by atoms with Gasteiger partial charge in [0, 0.05) is 18.4 Å². The van der Waals surface area contributed by atoms with Gasteiger partial charge in [-0.3, -0.25) is 9.59 Å². The highest BCUT2D eigenvalue weighted by atomic mass is 16.2. The van der Waals surface area contributed by atoms with Crippen molar-refractivity contribution < 1.29 is 14.4 Å². The Morgan fingerprint density at radius 3 is 2.86 bits per heavy atom. The Morgan fingerprint density at radius 1 is 1.36 bits per heavy atom. The third-order valence-electron chi connectivity index (χ3n) is 6.00. The van der Waals surface area contributed by atoms with E-state index in [2.05, 4.69) is 10.6 Å². The summed E-state index contributed by atoms with van der Waals surface area (Å²) in [7, 11) is 0. The minimum Gasteiger partial charge on any atom is -0.368 e. The molecule has 0 spiro atoms. The van der Waals surface area contributed by atoms with Crippen molar-refractivity contribution in [2.75, 3.05) is 13.1 Å². The smallest absolute Gasteiger partial charge is 0.238 e. The maximum absolute atomic E-state index is 12.3. The molecule has 0 radical (unpaired) electrons. The molecular formula is C16H25N3O3. The van der Waals surface area contributed by atoms with Crippen LogP contribution in [0, 0.1) is 23.7 Å². The lowest BCUT2D eigenvalue weighted by Gasteiger charge is -2.38. The number of rotatable bonds is 5. The molecular weight excluding hydrogens is 282 g/mol. The molecule has 0 aromatic carbocycles. The summed E-state index contributed by atoms with van der Waals surface area (Å²) in [5.41, 5.74) is 4.79. The molecule has 3 aliphatic rings. The normalized spacial score (nSPS) is 39.1. The lowest BCUT2D eigenvalue weighted by atomic mass is 9.69. The molecule has 2 amide bonds. The van der Waals surface area contributed by atoms with Crippen LogP contribution < -0.4 is 16.4 Å². The summed E-state index contributed by atoms with van der Waals surface area (Å²) in [6, 6.07) is 0. The van der Waals surface area contributed by atoms with Gasteiger partial charge in [-0.25, -0.2) is 0 Å². The van der Waals surface area contributed by atoms with E-state index in [0.717, 1.165) is 44.9 Å². The minimum absolute atomic E-state index is 0.00121. The summed E-state index contributed by atoms with van der Waals surface area (Å²) in [5, 5.41) is 6.14. The maximum atomic E-state index is 12.3. The van der Waals surface area contributed by atoms with Crippen molar-refractivity contribution in [2.45, 2.75) is 44.1 Å². The van der Waals surface area contributed by atoms with Crippen LogP contribution in [0.3, 0.4) is 0 Å². The quantitative estimate of drug-likeness (QED) is 0.620. The summed E-state index contributed by atoms with van der Waals surface area (Å²) in [6.45, 7) is 1.44. The molecule has 3 unspecified atom stereocenters. The van der Waals surface area contributed by atoms with Crippen LogP contribution in [0.2, 0.25) is 0 Å². The van der Waals surface area contributed by atoms with Crippen molar-refractivity contribution in [2.24, 2.45) is 29.4 Å². The molecule has 1 aliphatic carbocycles. The second kappa shape index (κ2) is 5.99. The molecule has 3 fully saturated rings. The third kappa shape index (κ3) is 2.33. The van der Waals surface area contributed by atoms with E-state index in [0.29, 0.717) is 18.9 Å². The number of aldehydes is 1. The van der Waals surface area contributed by atoms with E-state index in [9.17, 15) is 14.4 Å². The van der Waals surface area contributed by atoms with Crippen LogP contribution in [0.1, 0.15) is 38.5 Å². The van der Waals surface area contributed by atoms with Gasteiger partial charge in [-0.05, 0) is 50.5 Å². The van der Waals surface area contributed by atoms with Crippen molar-refractivity contribution in [3.63, 3.8) is 0 Å². The van der Waals surface area contributed by atoms with Gasteiger partial charge in [-0.2, -0.15) is 0 Å². The SMILES string of the molecule is NC(=O)C1([C@@H](C=O)C[C@@H]2CCCNC2=O)NCC2CCCC21. The number of piperidine rings is 1. The largest absolute Gasteiger partial charge is 0.368 e. The Kier molecular flexibility index (Phi) is 4.21. The second-order valence-electron chi connectivity index (χ2n) is 7.02. The van der Waals surface area contributed by atoms with Gasteiger partial charge in [-0.15, -0.1) is 0 Å². The zero-order chi connectivity index (χ0) is 15.7. The number of hydrogen-bond donors (Lipinski definition) is 3. The number of fused-ring (bicyclic) bond motifs is 1. The third-order valence-corrected chi connectivity index (χ3v) is 6.00. The molecule has 2 saturated heterocycles. The summed E-state index contributed by atoms with van der Waals surface area (Å²) in [4.78, 5) is 36.1. The first kappa shape index (κ1) is 15.5. The van der Waals surface area contributed by atoms with E-state index in [1.54, 1.807) is 0 Å². The first-order valence-electron chi connectivity index (χ1n) is 8.37. The highest BCUT2D eigenvalue weighted by molar-refractivity contribution is 5.90. The van der Waals surface area contributed by atoms with Gasteiger partial charge in [0.15, 0.2) is 0 Å². The molecule has 6 heteroatoms. The molecule has 2 aliphatic heterocycles. The van der Waals surface area contributed by atoms with Crippen LogP contribution in [0.4, 0.5) is 0 Å². The summed E-state index contributed by atoms with van der Waals surface area (Å²) in [5.74, 6) is -0.592. The van der Waals surface area contributed by atoms with E-state index in [1.165, 1.54) is 0 Å². The Labute approximate surface area is 130 Å². The molecule has 4 N–H and O–H groups in total. The van der Waals surface area contributed by atoms with Gasteiger partial charge in [0.2, 0.25) is 11.8 Å². The minimum atomic E-state index is -0.958. The first-order chi connectivity index (χ1) is 10.6. The predicted octanol–water partition coefficient (Wildman–Crippen LogP) is -0.0386. The van der Waals surface area contributed by atoms with Crippen molar-refractivity contribution >= 4 is 18.1 Å².